The first-order valence-electron chi connectivity index (χ1n) is 11.9. The average Bonchev–Trinajstić information content (AvgIpc) is 3.09. The Balaban J connectivity index is 1.58. The van der Waals surface area contributed by atoms with Gasteiger partial charge in [-0.2, -0.15) is 0 Å². The summed E-state index contributed by atoms with van der Waals surface area (Å²) in [4.78, 5) is 47.0. The molecule has 0 unspecified atom stereocenters. The maximum Gasteiger partial charge on any atom is 0.409 e. The minimum absolute atomic E-state index is 0.213. The second-order valence-electron chi connectivity index (χ2n) is 9.13. The zero-order valence-corrected chi connectivity index (χ0v) is 19.8. The van der Waals surface area contributed by atoms with Crippen LogP contribution < -0.4 is 0 Å². The molecule has 0 aromatic heterocycles. The van der Waals surface area contributed by atoms with Gasteiger partial charge in [-0.05, 0) is 58.3 Å². The van der Waals surface area contributed by atoms with Crippen LogP contribution in [-0.4, -0.2) is 96.5 Å². The van der Waals surface area contributed by atoms with Crippen molar-refractivity contribution in [2.75, 3.05) is 46.9 Å². The van der Waals surface area contributed by atoms with Gasteiger partial charge in [-0.3, -0.25) is 14.5 Å². The van der Waals surface area contributed by atoms with E-state index in [-0.39, 0.29) is 30.0 Å². The van der Waals surface area contributed by atoms with Gasteiger partial charge in [0, 0.05) is 32.2 Å². The highest BCUT2D eigenvalue weighted by Gasteiger charge is 2.46. The Labute approximate surface area is 195 Å². The standard InChI is InChI=1S/C25H34N4O4/c1-4-33-25(32)28-16-12-20(13-17-28)29-23(30)21(18-8-6-5-7-9-18)22(24(29)31)27(3)19-10-14-26(2)15-11-19/h5-9,19-20H,4,10-17H2,1-3H3. The fraction of sp³-hybridized carbons (Fsp3) is 0.560. The molecule has 0 N–H and O–H groups in total. The van der Waals surface area contributed by atoms with Crippen LogP contribution in [-0.2, 0) is 14.3 Å². The number of ether oxygens (including phenoxy) is 1. The number of likely N-dealkylation sites (N-methyl/N-ethyl adjacent to an activating group) is 1. The lowest BCUT2D eigenvalue weighted by atomic mass is 10.00. The van der Waals surface area contributed by atoms with Gasteiger partial charge in [0.25, 0.3) is 11.8 Å². The first-order valence-corrected chi connectivity index (χ1v) is 11.9. The third kappa shape index (κ3) is 4.62. The smallest absolute Gasteiger partial charge is 0.409 e. The van der Waals surface area contributed by atoms with E-state index in [0.717, 1.165) is 31.5 Å². The normalized spacial score (nSPS) is 21.2. The highest BCUT2D eigenvalue weighted by molar-refractivity contribution is 6.35. The van der Waals surface area contributed by atoms with Gasteiger partial charge in [0.05, 0.1) is 12.2 Å². The second-order valence-corrected chi connectivity index (χ2v) is 9.13. The Kier molecular flexibility index (Phi) is 7.02. The molecule has 8 heteroatoms. The monoisotopic (exact) mass is 454 g/mol. The van der Waals surface area contributed by atoms with Gasteiger partial charge in [0.15, 0.2) is 0 Å². The molecule has 2 saturated heterocycles. The topological polar surface area (TPSA) is 73.4 Å². The van der Waals surface area contributed by atoms with E-state index in [9.17, 15) is 14.4 Å². The lowest BCUT2D eigenvalue weighted by molar-refractivity contribution is -0.141. The summed E-state index contributed by atoms with van der Waals surface area (Å²) in [6.07, 6.45) is 2.70. The van der Waals surface area contributed by atoms with Crippen LogP contribution in [0.25, 0.3) is 5.57 Å². The highest BCUT2D eigenvalue weighted by Crippen LogP contribution is 2.36. The Hall–Kier alpha value is -2.87. The summed E-state index contributed by atoms with van der Waals surface area (Å²) >= 11 is 0. The molecule has 33 heavy (non-hydrogen) atoms. The van der Waals surface area contributed by atoms with Gasteiger partial charge < -0.3 is 19.4 Å². The summed E-state index contributed by atoms with van der Waals surface area (Å²) < 4.78 is 5.10. The van der Waals surface area contributed by atoms with E-state index in [1.807, 2.05) is 42.3 Å². The average molecular weight is 455 g/mol. The SMILES string of the molecule is CCOC(=O)N1CCC(N2C(=O)C(c3ccccc3)=C(N(C)C3CCN(C)CC3)C2=O)CC1. The van der Waals surface area contributed by atoms with Crippen molar-refractivity contribution in [2.45, 2.75) is 44.7 Å². The number of piperidine rings is 2. The molecule has 1 aromatic carbocycles. The molecule has 4 rings (SSSR count). The van der Waals surface area contributed by atoms with Crippen molar-refractivity contribution in [2.24, 2.45) is 0 Å². The van der Waals surface area contributed by atoms with Gasteiger partial charge in [-0.25, -0.2) is 4.79 Å². The molecular formula is C25H34N4O4. The number of nitrogens with zero attached hydrogens (tertiary/aromatic N) is 4. The number of hydrogen-bond acceptors (Lipinski definition) is 6. The number of imide groups is 1. The summed E-state index contributed by atoms with van der Waals surface area (Å²) in [7, 11) is 4.06. The van der Waals surface area contributed by atoms with Crippen LogP contribution in [0.4, 0.5) is 4.79 Å². The van der Waals surface area contributed by atoms with Crippen molar-refractivity contribution in [1.29, 1.82) is 0 Å². The molecule has 3 amide bonds. The summed E-state index contributed by atoms with van der Waals surface area (Å²) in [5, 5.41) is 0. The molecule has 0 radical (unpaired) electrons. The zero-order valence-electron chi connectivity index (χ0n) is 19.8. The highest BCUT2D eigenvalue weighted by atomic mass is 16.6. The van der Waals surface area contributed by atoms with E-state index >= 15 is 0 Å². The Morgan fingerprint density at radius 3 is 2.24 bits per heavy atom. The molecule has 0 aliphatic carbocycles. The molecule has 178 valence electrons. The molecule has 3 aliphatic rings. The molecule has 0 bridgehead atoms. The summed E-state index contributed by atoms with van der Waals surface area (Å²) in [5.74, 6) is -0.439. The fourth-order valence-corrected chi connectivity index (χ4v) is 5.15. The number of carbonyl (C=O) groups is 3. The molecule has 8 nitrogen and oxygen atoms in total. The van der Waals surface area contributed by atoms with Gasteiger partial charge in [0.1, 0.15) is 5.70 Å². The molecule has 0 spiro atoms. The Morgan fingerprint density at radius 1 is 1.00 bits per heavy atom. The van der Waals surface area contributed by atoms with Gasteiger partial charge in [-0.1, -0.05) is 30.3 Å². The third-order valence-electron chi connectivity index (χ3n) is 7.10. The summed E-state index contributed by atoms with van der Waals surface area (Å²) in [6, 6.07) is 9.50. The maximum absolute atomic E-state index is 13.8. The van der Waals surface area contributed by atoms with Gasteiger partial charge in [-0.15, -0.1) is 0 Å². The first kappa shape index (κ1) is 23.3. The van der Waals surface area contributed by atoms with Crippen LogP contribution in [0.3, 0.4) is 0 Å². The third-order valence-corrected chi connectivity index (χ3v) is 7.10. The maximum atomic E-state index is 13.8. The van der Waals surface area contributed by atoms with E-state index in [1.165, 1.54) is 4.90 Å². The zero-order chi connectivity index (χ0) is 23.5. The van der Waals surface area contributed by atoms with Crippen LogP contribution >= 0.6 is 0 Å². The Morgan fingerprint density at radius 2 is 1.64 bits per heavy atom. The van der Waals surface area contributed by atoms with Crippen LogP contribution in [0.1, 0.15) is 38.2 Å². The van der Waals surface area contributed by atoms with Crippen molar-refractivity contribution in [3.63, 3.8) is 0 Å². The second kappa shape index (κ2) is 9.95. The van der Waals surface area contributed by atoms with E-state index in [1.54, 1.807) is 11.8 Å². The first-order chi connectivity index (χ1) is 15.9. The lowest BCUT2D eigenvalue weighted by Gasteiger charge is -2.38. The van der Waals surface area contributed by atoms with Crippen LogP contribution in [0.15, 0.2) is 36.0 Å². The largest absolute Gasteiger partial charge is 0.450 e. The number of likely N-dealkylation sites (tertiary alicyclic amines) is 2. The van der Waals surface area contributed by atoms with Crippen LogP contribution in [0.5, 0.6) is 0 Å². The van der Waals surface area contributed by atoms with Gasteiger partial charge >= 0.3 is 6.09 Å². The Bertz CT molecular complexity index is 916. The van der Waals surface area contributed by atoms with Crippen molar-refractivity contribution in [3.05, 3.63) is 41.6 Å². The van der Waals surface area contributed by atoms with Crippen molar-refractivity contribution in [1.82, 2.24) is 19.6 Å². The number of amides is 3. The lowest BCUT2D eigenvalue weighted by Crippen LogP contribution is -2.50. The van der Waals surface area contributed by atoms with E-state index in [4.69, 9.17) is 4.74 Å². The van der Waals surface area contributed by atoms with Crippen LogP contribution in [0.2, 0.25) is 0 Å². The minimum Gasteiger partial charge on any atom is -0.450 e. The molecule has 0 saturated carbocycles. The molecule has 3 heterocycles. The predicted octanol–water partition coefficient (Wildman–Crippen LogP) is 2.41. The molecule has 2 fully saturated rings. The predicted molar refractivity (Wildman–Crippen MR) is 125 cm³/mol. The van der Waals surface area contributed by atoms with Crippen molar-refractivity contribution in [3.8, 4) is 0 Å². The van der Waals surface area contributed by atoms with Crippen molar-refractivity contribution >= 4 is 23.5 Å². The quantitative estimate of drug-likeness (QED) is 0.637. The van der Waals surface area contributed by atoms with Crippen molar-refractivity contribution < 1.29 is 19.1 Å². The molecular weight excluding hydrogens is 420 g/mol. The fourth-order valence-electron chi connectivity index (χ4n) is 5.15. The molecule has 1 aromatic rings. The number of benzene rings is 1. The van der Waals surface area contributed by atoms with E-state index < -0.39 is 0 Å². The summed E-state index contributed by atoms with van der Waals surface area (Å²) in [5.41, 5.74) is 1.78. The molecule has 0 atom stereocenters. The number of rotatable bonds is 5. The van der Waals surface area contributed by atoms with Gasteiger partial charge in [0.2, 0.25) is 0 Å². The number of hydrogen-bond donors (Lipinski definition) is 0. The molecule has 3 aliphatic heterocycles. The number of carbonyl (C=O) groups excluding carboxylic acids is 3. The van der Waals surface area contributed by atoms with E-state index in [0.29, 0.717) is 43.8 Å². The van der Waals surface area contributed by atoms with E-state index in [2.05, 4.69) is 11.9 Å². The summed E-state index contributed by atoms with van der Waals surface area (Å²) in [6.45, 7) is 5.01. The minimum atomic E-state index is -0.333. The van der Waals surface area contributed by atoms with Crippen LogP contribution in [0, 0.1) is 0 Å².